The van der Waals surface area contributed by atoms with E-state index in [1.807, 2.05) is 13.8 Å². The van der Waals surface area contributed by atoms with Crippen LogP contribution in [-0.4, -0.2) is 31.6 Å². The molecule has 1 amide bonds. The monoisotopic (exact) mass is 275 g/mol. The van der Waals surface area contributed by atoms with Crippen molar-refractivity contribution in [2.24, 2.45) is 5.73 Å². The van der Waals surface area contributed by atoms with Crippen LogP contribution in [0.1, 0.15) is 38.2 Å². The Bertz CT molecular complexity index is 459. The van der Waals surface area contributed by atoms with Crippen LogP contribution in [0.3, 0.4) is 0 Å². The molecule has 1 atom stereocenters. The Hall–Kier alpha value is -1.55. The van der Waals surface area contributed by atoms with Crippen LogP contribution in [0.5, 0.6) is 0 Å². The van der Waals surface area contributed by atoms with Crippen LogP contribution in [0.4, 0.5) is 5.69 Å². The number of rotatable bonds is 6. The minimum Gasteiger partial charge on any atom is -0.370 e. The molecule has 0 aromatic heterocycles. The zero-order valence-electron chi connectivity index (χ0n) is 12.4. The van der Waals surface area contributed by atoms with E-state index in [1.165, 1.54) is 11.3 Å². The third-order valence-electron chi connectivity index (χ3n) is 3.73. The van der Waals surface area contributed by atoms with Gasteiger partial charge in [0.05, 0.1) is 0 Å². The molecule has 0 spiro atoms. The summed E-state index contributed by atoms with van der Waals surface area (Å²) in [5.74, 6) is 0.629. The van der Waals surface area contributed by atoms with Crippen molar-refractivity contribution >= 4 is 11.6 Å². The van der Waals surface area contributed by atoms with E-state index in [0.29, 0.717) is 18.9 Å². The smallest absolute Gasteiger partial charge is 0.221 e. The highest BCUT2D eigenvalue weighted by molar-refractivity contribution is 5.77. The van der Waals surface area contributed by atoms with Gasteiger partial charge in [-0.1, -0.05) is 18.2 Å². The average Bonchev–Trinajstić information content (AvgIpc) is 2.75. The third-order valence-corrected chi connectivity index (χ3v) is 3.73. The summed E-state index contributed by atoms with van der Waals surface area (Å²) in [6.45, 7) is 6.43. The molecule has 20 heavy (non-hydrogen) atoms. The van der Waals surface area contributed by atoms with Crippen molar-refractivity contribution in [2.45, 2.75) is 38.6 Å². The Balaban J connectivity index is 1.98. The zero-order chi connectivity index (χ0) is 14.5. The lowest BCUT2D eigenvalue weighted by Gasteiger charge is -2.20. The Morgan fingerprint density at radius 3 is 2.90 bits per heavy atom. The number of anilines is 1. The van der Waals surface area contributed by atoms with Crippen molar-refractivity contribution in [3.63, 3.8) is 0 Å². The van der Waals surface area contributed by atoms with Crippen LogP contribution < -0.4 is 16.0 Å². The summed E-state index contributed by atoms with van der Waals surface area (Å²) in [5.41, 5.74) is 8.35. The molecule has 0 fully saturated rings. The Morgan fingerprint density at radius 2 is 2.20 bits per heavy atom. The molecular weight excluding hydrogens is 250 g/mol. The van der Waals surface area contributed by atoms with Gasteiger partial charge in [0.15, 0.2) is 0 Å². The number of benzene rings is 1. The predicted molar refractivity (Wildman–Crippen MR) is 83.0 cm³/mol. The van der Waals surface area contributed by atoms with E-state index in [9.17, 15) is 4.79 Å². The van der Waals surface area contributed by atoms with Crippen LogP contribution in [0.2, 0.25) is 0 Å². The molecule has 1 aliphatic rings. The molecule has 3 N–H and O–H groups in total. The van der Waals surface area contributed by atoms with Crippen LogP contribution in [-0.2, 0) is 4.79 Å². The molecule has 1 aromatic rings. The topological polar surface area (TPSA) is 58.4 Å². The number of nitrogens with two attached hydrogens (primary N) is 1. The molecule has 1 aliphatic heterocycles. The summed E-state index contributed by atoms with van der Waals surface area (Å²) >= 11 is 0. The number of para-hydroxylation sites is 1. The summed E-state index contributed by atoms with van der Waals surface area (Å²) in [5, 5.41) is 2.94. The van der Waals surface area contributed by atoms with Gasteiger partial charge in [0.2, 0.25) is 5.91 Å². The first-order valence-electron chi connectivity index (χ1n) is 7.45. The first-order valence-corrected chi connectivity index (χ1v) is 7.45. The normalized spacial score (nSPS) is 17.4. The number of carbonyl (C=O) groups excluding carboxylic acids is 1. The van der Waals surface area contributed by atoms with Crippen molar-refractivity contribution in [3.8, 4) is 0 Å². The number of carbonyl (C=O) groups is 1. The molecule has 2 rings (SSSR count). The lowest BCUT2D eigenvalue weighted by Crippen LogP contribution is -2.34. The first-order chi connectivity index (χ1) is 9.61. The predicted octanol–water partition coefficient (Wildman–Crippen LogP) is 1.85. The van der Waals surface area contributed by atoms with Crippen LogP contribution in [0.25, 0.3) is 0 Å². The molecule has 110 valence electrons. The van der Waals surface area contributed by atoms with Gasteiger partial charge < -0.3 is 16.0 Å². The lowest BCUT2D eigenvalue weighted by atomic mass is 9.98. The number of fused-ring (bicyclic) bond motifs is 1. The fourth-order valence-electron chi connectivity index (χ4n) is 2.87. The van der Waals surface area contributed by atoms with E-state index in [2.05, 4.69) is 34.5 Å². The molecule has 0 saturated heterocycles. The summed E-state index contributed by atoms with van der Waals surface area (Å²) in [4.78, 5) is 14.1. The molecule has 0 aliphatic carbocycles. The molecule has 1 aromatic carbocycles. The fraction of sp³-hybridized carbons (Fsp3) is 0.562. The van der Waals surface area contributed by atoms with Crippen molar-refractivity contribution in [1.82, 2.24) is 5.32 Å². The number of nitrogens with zero attached hydrogens (tertiary/aromatic N) is 1. The number of hydrogen-bond donors (Lipinski definition) is 2. The van der Waals surface area contributed by atoms with Crippen molar-refractivity contribution < 1.29 is 4.79 Å². The summed E-state index contributed by atoms with van der Waals surface area (Å²) in [7, 11) is 0. The fourth-order valence-corrected chi connectivity index (χ4v) is 2.87. The minimum atomic E-state index is 0.125. The van der Waals surface area contributed by atoms with Gasteiger partial charge in [-0.05, 0) is 38.4 Å². The number of amides is 1. The van der Waals surface area contributed by atoms with E-state index < -0.39 is 0 Å². The van der Waals surface area contributed by atoms with E-state index in [0.717, 1.165) is 19.5 Å². The Kier molecular flexibility index (Phi) is 5.01. The highest BCUT2D eigenvalue weighted by atomic mass is 16.1. The van der Waals surface area contributed by atoms with Gasteiger partial charge in [0, 0.05) is 37.2 Å². The molecule has 4 heteroatoms. The van der Waals surface area contributed by atoms with Gasteiger partial charge in [-0.15, -0.1) is 0 Å². The van der Waals surface area contributed by atoms with Gasteiger partial charge in [-0.25, -0.2) is 0 Å². The van der Waals surface area contributed by atoms with Crippen LogP contribution in [0, 0.1) is 0 Å². The molecule has 0 bridgehead atoms. The second-order valence-corrected chi connectivity index (χ2v) is 5.75. The summed E-state index contributed by atoms with van der Waals surface area (Å²) in [6.07, 6.45) is 1.55. The molecule has 1 unspecified atom stereocenters. The maximum atomic E-state index is 11.8. The Morgan fingerprint density at radius 1 is 1.45 bits per heavy atom. The van der Waals surface area contributed by atoms with E-state index in [1.54, 1.807) is 0 Å². The van der Waals surface area contributed by atoms with Gasteiger partial charge in [0.1, 0.15) is 0 Å². The number of nitrogens with one attached hydrogen (secondary N) is 1. The zero-order valence-corrected chi connectivity index (χ0v) is 12.4. The first kappa shape index (κ1) is 14.9. The SMILES string of the molecule is CC(C)NC(=O)CCN1CC(CCN)c2ccccc21. The van der Waals surface area contributed by atoms with Crippen LogP contribution >= 0.6 is 0 Å². The second kappa shape index (κ2) is 6.75. The quantitative estimate of drug-likeness (QED) is 0.833. The van der Waals surface area contributed by atoms with Gasteiger partial charge in [0.25, 0.3) is 0 Å². The standard InChI is InChI=1S/C16H25N3O/c1-12(2)18-16(20)8-10-19-11-13(7-9-17)14-5-3-4-6-15(14)19/h3-6,12-13H,7-11,17H2,1-2H3,(H,18,20). The lowest BCUT2D eigenvalue weighted by molar-refractivity contribution is -0.121. The van der Waals surface area contributed by atoms with Gasteiger partial charge in [-0.2, -0.15) is 0 Å². The minimum absolute atomic E-state index is 0.125. The number of hydrogen-bond acceptors (Lipinski definition) is 3. The van der Waals surface area contributed by atoms with E-state index >= 15 is 0 Å². The molecular formula is C16H25N3O. The second-order valence-electron chi connectivity index (χ2n) is 5.75. The largest absolute Gasteiger partial charge is 0.370 e. The van der Waals surface area contributed by atoms with E-state index in [4.69, 9.17) is 5.73 Å². The van der Waals surface area contributed by atoms with Crippen molar-refractivity contribution in [2.75, 3.05) is 24.5 Å². The van der Waals surface area contributed by atoms with E-state index in [-0.39, 0.29) is 11.9 Å². The Labute approximate surface area is 121 Å². The maximum Gasteiger partial charge on any atom is 0.221 e. The third kappa shape index (κ3) is 3.51. The molecule has 4 nitrogen and oxygen atoms in total. The van der Waals surface area contributed by atoms with Crippen LogP contribution in [0.15, 0.2) is 24.3 Å². The van der Waals surface area contributed by atoms with Crippen molar-refractivity contribution in [3.05, 3.63) is 29.8 Å². The molecule has 0 radical (unpaired) electrons. The van der Waals surface area contributed by atoms with Gasteiger partial charge in [-0.3, -0.25) is 4.79 Å². The maximum absolute atomic E-state index is 11.8. The average molecular weight is 275 g/mol. The van der Waals surface area contributed by atoms with Crippen molar-refractivity contribution in [1.29, 1.82) is 0 Å². The molecule has 0 saturated carbocycles. The summed E-state index contributed by atoms with van der Waals surface area (Å²) < 4.78 is 0. The van der Waals surface area contributed by atoms with Gasteiger partial charge >= 0.3 is 0 Å². The molecule has 1 heterocycles. The highest BCUT2D eigenvalue weighted by Crippen LogP contribution is 2.37. The highest BCUT2D eigenvalue weighted by Gasteiger charge is 2.27. The summed E-state index contributed by atoms with van der Waals surface area (Å²) in [6, 6.07) is 8.68.